The van der Waals surface area contributed by atoms with Crippen molar-refractivity contribution in [2.45, 2.75) is 18.1 Å². The first kappa shape index (κ1) is 9.71. The molecular weight excluding hydrogens is 200 g/mol. The van der Waals surface area contributed by atoms with Crippen LogP contribution in [0.1, 0.15) is 12.8 Å². The molecule has 1 aliphatic heterocycles. The molecule has 1 saturated carbocycles. The number of aliphatic imine (C=N–C) groups is 1. The first-order valence-corrected chi connectivity index (χ1v) is 7.11. The highest BCUT2D eigenvalue weighted by molar-refractivity contribution is 8.14. The van der Waals surface area contributed by atoms with Gasteiger partial charge in [-0.1, -0.05) is 11.8 Å². The van der Waals surface area contributed by atoms with Crippen LogP contribution in [0.25, 0.3) is 0 Å². The predicted molar refractivity (Wildman–Crippen MR) is 62.8 cm³/mol. The standard InChI is InChI=1S/C9H16N2S2/c1-12-5-4-10-9-11-6-8(13-9)7-2-3-7/h7-8H,2-6H2,1H3,(H,10,11). The smallest absolute Gasteiger partial charge is 0.156 e. The van der Waals surface area contributed by atoms with E-state index in [1.165, 1.54) is 23.8 Å². The molecule has 1 aliphatic carbocycles. The Morgan fingerprint density at radius 3 is 3.15 bits per heavy atom. The van der Waals surface area contributed by atoms with Crippen LogP contribution in [0.3, 0.4) is 0 Å². The van der Waals surface area contributed by atoms with Gasteiger partial charge in [-0.25, -0.2) is 0 Å². The van der Waals surface area contributed by atoms with Crippen LogP contribution in [0.4, 0.5) is 0 Å². The zero-order valence-electron chi connectivity index (χ0n) is 7.95. The van der Waals surface area contributed by atoms with Gasteiger partial charge in [-0.15, -0.1) is 0 Å². The normalized spacial score (nSPS) is 27.5. The van der Waals surface area contributed by atoms with Gasteiger partial charge < -0.3 is 5.32 Å². The third kappa shape index (κ3) is 2.81. The molecule has 1 atom stereocenters. The molecule has 13 heavy (non-hydrogen) atoms. The average molecular weight is 216 g/mol. The van der Waals surface area contributed by atoms with E-state index in [1.54, 1.807) is 0 Å². The minimum absolute atomic E-state index is 0.803. The van der Waals surface area contributed by atoms with Gasteiger partial charge in [0.05, 0.1) is 6.54 Å². The fourth-order valence-electron chi connectivity index (χ4n) is 1.46. The average Bonchev–Trinajstić information content (AvgIpc) is 2.88. The van der Waals surface area contributed by atoms with Crippen LogP contribution in [-0.4, -0.2) is 35.5 Å². The molecule has 0 saturated heterocycles. The highest BCUT2D eigenvalue weighted by atomic mass is 32.2. The van der Waals surface area contributed by atoms with E-state index >= 15 is 0 Å². The lowest BCUT2D eigenvalue weighted by Crippen LogP contribution is -2.22. The van der Waals surface area contributed by atoms with Gasteiger partial charge in [0.1, 0.15) is 0 Å². The van der Waals surface area contributed by atoms with Crippen molar-refractivity contribution in [3.8, 4) is 0 Å². The Morgan fingerprint density at radius 1 is 1.62 bits per heavy atom. The number of amidine groups is 1. The quantitative estimate of drug-likeness (QED) is 0.726. The minimum Gasteiger partial charge on any atom is -0.364 e. The molecule has 0 spiro atoms. The SMILES string of the molecule is CSCCNC1=NCC(C2CC2)S1. The molecule has 1 heterocycles. The maximum atomic E-state index is 4.51. The van der Waals surface area contributed by atoms with Crippen LogP contribution >= 0.6 is 23.5 Å². The van der Waals surface area contributed by atoms with E-state index in [2.05, 4.69) is 16.6 Å². The van der Waals surface area contributed by atoms with E-state index in [9.17, 15) is 0 Å². The number of hydrogen-bond donors (Lipinski definition) is 1. The van der Waals surface area contributed by atoms with Gasteiger partial charge in [0.15, 0.2) is 5.17 Å². The van der Waals surface area contributed by atoms with Crippen molar-refractivity contribution in [1.29, 1.82) is 0 Å². The van der Waals surface area contributed by atoms with E-state index in [0.717, 1.165) is 24.3 Å². The lowest BCUT2D eigenvalue weighted by atomic mass is 10.3. The third-order valence-electron chi connectivity index (χ3n) is 2.41. The van der Waals surface area contributed by atoms with Gasteiger partial charge in [-0.3, -0.25) is 4.99 Å². The van der Waals surface area contributed by atoms with Crippen LogP contribution in [0.5, 0.6) is 0 Å². The first-order chi connectivity index (χ1) is 6.40. The maximum Gasteiger partial charge on any atom is 0.156 e. The summed E-state index contributed by atoms with van der Waals surface area (Å²) in [7, 11) is 0. The summed E-state index contributed by atoms with van der Waals surface area (Å²) in [6, 6.07) is 0. The van der Waals surface area contributed by atoms with Gasteiger partial charge in [0, 0.05) is 17.5 Å². The fraction of sp³-hybridized carbons (Fsp3) is 0.889. The number of hydrogen-bond acceptors (Lipinski definition) is 4. The molecule has 2 nitrogen and oxygen atoms in total. The summed E-state index contributed by atoms with van der Waals surface area (Å²) in [5.41, 5.74) is 0. The summed E-state index contributed by atoms with van der Waals surface area (Å²) >= 11 is 3.84. The van der Waals surface area contributed by atoms with Crippen LogP contribution in [-0.2, 0) is 0 Å². The summed E-state index contributed by atoms with van der Waals surface area (Å²) < 4.78 is 0. The summed E-state index contributed by atoms with van der Waals surface area (Å²) in [6.45, 7) is 2.11. The van der Waals surface area contributed by atoms with E-state index in [4.69, 9.17) is 0 Å². The maximum absolute atomic E-state index is 4.51. The minimum atomic E-state index is 0.803. The second kappa shape index (κ2) is 4.60. The number of rotatable bonds is 4. The number of thioether (sulfide) groups is 2. The molecule has 2 aliphatic rings. The summed E-state index contributed by atoms with van der Waals surface area (Å²) in [4.78, 5) is 4.51. The monoisotopic (exact) mass is 216 g/mol. The molecule has 0 aromatic carbocycles. The number of nitrogens with one attached hydrogen (secondary N) is 1. The van der Waals surface area contributed by atoms with E-state index in [0.29, 0.717) is 0 Å². The van der Waals surface area contributed by atoms with Crippen LogP contribution in [0.15, 0.2) is 4.99 Å². The second-order valence-corrected chi connectivity index (χ2v) is 5.77. The topological polar surface area (TPSA) is 24.4 Å². The first-order valence-electron chi connectivity index (χ1n) is 4.84. The van der Waals surface area contributed by atoms with Crippen LogP contribution < -0.4 is 5.32 Å². The largest absolute Gasteiger partial charge is 0.364 e. The van der Waals surface area contributed by atoms with E-state index in [-0.39, 0.29) is 0 Å². The molecule has 74 valence electrons. The molecule has 0 amide bonds. The molecule has 0 radical (unpaired) electrons. The Kier molecular flexibility index (Phi) is 3.44. The molecular formula is C9H16N2S2. The van der Waals surface area contributed by atoms with Crippen molar-refractivity contribution in [3.05, 3.63) is 0 Å². The van der Waals surface area contributed by atoms with Crippen molar-refractivity contribution in [3.63, 3.8) is 0 Å². The highest BCUT2D eigenvalue weighted by Crippen LogP contribution is 2.41. The van der Waals surface area contributed by atoms with Crippen molar-refractivity contribution in [2.75, 3.05) is 25.1 Å². The zero-order chi connectivity index (χ0) is 9.10. The Balaban J connectivity index is 1.64. The molecule has 4 heteroatoms. The van der Waals surface area contributed by atoms with Crippen LogP contribution in [0, 0.1) is 5.92 Å². The molecule has 1 unspecified atom stereocenters. The van der Waals surface area contributed by atoms with Gasteiger partial charge in [-0.2, -0.15) is 11.8 Å². The van der Waals surface area contributed by atoms with E-state index < -0.39 is 0 Å². The Morgan fingerprint density at radius 2 is 2.46 bits per heavy atom. The molecule has 1 fully saturated rings. The molecule has 2 rings (SSSR count). The van der Waals surface area contributed by atoms with Crippen molar-refractivity contribution in [2.24, 2.45) is 10.9 Å². The summed E-state index contributed by atoms with van der Waals surface area (Å²) in [5, 5.41) is 5.38. The predicted octanol–water partition coefficient (Wildman–Crippen LogP) is 1.82. The molecule has 1 N–H and O–H groups in total. The fourth-order valence-corrected chi connectivity index (χ4v) is 3.00. The number of nitrogens with zero attached hydrogens (tertiary/aromatic N) is 1. The van der Waals surface area contributed by atoms with Crippen LogP contribution in [0.2, 0.25) is 0 Å². The van der Waals surface area contributed by atoms with Gasteiger partial charge in [-0.05, 0) is 25.0 Å². The third-order valence-corrected chi connectivity index (χ3v) is 4.35. The Labute approximate surface area is 88.3 Å². The molecule has 0 aromatic heterocycles. The zero-order valence-corrected chi connectivity index (χ0v) is 9.59. The van der Waals surface area contributed by atoms with Crippen molar-refractivity contribution in [1.82, 2.24) is 5.32 Å². The van der Waals surface area contributed by atoms with Gasteiger partial charge in [0.25, 0.3) is 0 Å². The second-order valence-electron chi connectivity index (χ2n) is 3.56. The van der Waals surface area contributed by atoms with E-state index in [1.807, 2.05) is 23.5 Å². The lowest BCUT2D eigenvalue weighted by molar-refractivity contribution is 0.772. The van der Waals surface area contributed by atoms with Crippen molar-refractivity contribution >= 4 is 28.7 Å². The highest BCUT2D eigenvalue weighted by Gasteiger charge is 2.35. The summed E-state index contributed by atoms with van der Waals surface area (Å²) in [6.07, 6.45) is 5.01. The summed E-state index contributed by atoms with van der Waals surface area (Å²) in [5.74, 6) is 2.15. The molecule has 0 aromatic rings. The Hall–Kier alpha value is 0.170. The van der Waals surface area contributed by atoms with Gasteiger partial charge >= 0.3 is 0 Å². The molecule has 0 bridgehead atoms. The van der Waals surface area contributed by atoms with Crippen molar-refractivity contribution < 1.29 is 0 Å². The Bertz CT molecular complexity index is 202. The lowest BCUT2D eigenvalue weighted by Gasteiger charge is -2.06. The van der Waals surface area contributed by atoms with Gasteiger partial charge in [0.2, 0.25) is 0 Å².